The Morgan fingerprint density at radius 3 is 2.90 bits per heavy atom. The van der Waals surface area contributed by atoms with E-state index in [0.29, 0.717) is 23.1 Å². The first-order valence-electron chi connectivity index (χ1n) is 6.60. The Kier molecular flexibility index (Phi) is 3.53. The summed E-state index contributed by atoms with van der Waals surface area (Å²) in [6.45, 7) is 2.86. The maximum Gasteiger partial charge on any atom is 0.248 e. The van der Waals surface area contributed by atoms with Crippen molar-refractivity contribution < 1.29 is 9.90 Å². The van der Waals surface area contributed by atoms with E-state index in [2.05, 4.69) is 6.92 Å². The van der Waals surface area contributed by atoms with Crippen molar-refractivity contribution in [2.24, 2.45) is 5.92 Å². The Morgan fingerprint density at radius 1 is 1.45 bits per heavy atom. The van der Waals surface area contributed by atoms with Gasteiger partial charge < -0.3 is 10.0 Å². The number of amides is 1. The Bertz CT molecular complexity index is 625. The molecule has 3 nitrogen and oxygen atoms in total. The van der Waals surface area contributed by atoms with Gasteiger partial charge in [0.2, 0.25) is 5.91 Å². The molecule has 106 valence electrons. The fraction of sp³-hybridized carbons (Fsp3) is 0.400. The summed E-state index contributed by atoms with van der Waals surface area (Å²) in [6.07, 6.45) is 0.812. The van der Waals surface area contributed by atoms with E-state index in [4.69, 9.17) is 28.3 Å². The van der Waals surface area contributed by atoms with Crippen molar-refractivity contribution in [2.75, 3.05) is 19.7 Å². The number of carbonyl (C=O) groups is 1. The summed E-state index contributed by atoms with van der Waals surface area (Å²) in [5, 5.41) is 10.2. The van der Waals surface area contributed by atoms with E-state index in [9.17, 15) is 4.79 Å². The highest BCUT2D eigenvalue weighted by Gasteiger charge is 2.34. The molecule has 0 bridgehead atoms. The Morgan fingerprint density at radius 2 is 2.20 bits per heavy atom. The van der Waals surface area contributed by atoms with Crippen molar-refractivity contribution in [1.29, 1.82) is 0 Å². The van der Waals surface area contributed by atoms with Crippen molar-refractivity contribution in [3.63, 3.8) is 0 Å². The van der Waals surface area contributed by atoms with Crippen LogP contribution in [0.3, 0.4) is 0 Å². The zero-order valence-corrected chi connectivity index (χ0v) is 12.6. The Labute approximate surface area is 127 Å². The van der Waals surface area contributed by atoms with Crippen molar-refractivity contribution in [2.45, 2.75) is 13.3 Å². The van der Waals surface area contributed by atoms with Crippen LogP contribution in [0.5, 0.6) is 0 Å². The first kappa shape index (κ1) is 13.9. The van der Waals surface area contributed by atoms with E-state index < -0.39 is 6.61 Å². The fourth-order valence-corrected chi connectivity index (χ4v) is 3.57. The number of hydrogen-bond donors (Lipinski definition) is 1. The molecule has 0 fully saturated rings. The number of nitrogens with zero attached hydrogens (tertiary/aromatic N) is 1. The lowest BCUT2D eigenvalue weighted by molar-refractivity contribution is -0.134. The monoisotopic (exact) mass is 311 g/mol. The minimum atomic E-state index is -0.441. The molecule has 20 heavy (non-hydrogen) atoms. The molecule has 5 heteroatoms. The van der Waals surface area contributed by atoms with Crippen LogP contribution < -0.4 is 0 Å². The summed E-state index contributed by atoms with van der Waals surface area (Å²) < 4.78 is 0. The van der Waals surface area contributed by atoms with E-state index in [-0.39, 0.29) is 11.8 Å². The quantitative estimate of drug-likeness (QED) is 0.866. The van der Waals surface area contributed by atoms with Crippen molar-refractivity contribution in [1.82, 2.24) is 4.90 Å². The van der Waals surface area contributed by atoms with Crippen molar-refractivity contribution in [3.05, 3.63) is 38.9 Å². The number of aliphatic hydroxyl groups excluding tert-OH is 1. The van der Waals surface area contributed by atoms with Crippen molar-refractivity contribution in [3.8, 4) is 0 Å². The fourth-order valence-electron chi connectivity index (χ4n) is 3.16. The molecule has 0 spiro atoms. The number of halogens is 2. The van der Waals surface area contributed by atoms with E-state index in [1.54, 1.807) is 11.0 Å². The summed E-state index contributed by atoms with van der Waals surface area (Å²) in [5.41, 5.74) is 4.66. The number of aliphatic hydroxyl groups is 1. The number of hydrogen-bond acceptors (Lipinski definition) is 2. The van der Waals surface area contributed by atoms with Crippen LogP contribution >= 0.6 is 23.2 Å². The lowest BCUT2D eigenvalue weighted by atomic mass is 9.91. The standard InChI is InChI=1S/C15H15Cl2NO2/c1-8-5-18(14(20)7-19)6-12-9-2-3-13(16)15(17)11(9)4-10(8)12/h2-3,8,19H,4-7H2,1H3/t8-/m1/s1. The second-order valence-corrected chi connectivity index (χ2v) is 6.19. The van der Waals surface area contributed by atoms with E-state index in [1.165, 1.54) is 11.1 Å². The third kappa shape index (κ3) is 2.05. The van der Waals surface area contributed by atoms with Gasteiger partial charge in [-0.1, -0.05) is 41.8 Å². The number of benzene rings is 1. The van der Waals surface area contributed by atoms with Gasteiger partial charge in [0.15, 0.2) is 0 Å². The van der Waals surface area contributed by atoms with Gasteiger partial charge >= 0.3 is 0 Å². The lowest BCUT2D eigenvalue weighted by Crippen LogP contribution is -2.41. The summed E-state index contributed by atoms with van der Waals surface area (Å²) in [4.78, 5) is 13.4. The summed E-state index contributed by atoms with van der Waals surface area (Å²) >= 11 is 12.4. The Hall–Kier alpha value is -1.03. The molecule has 1 aliphatic heterocycles. The molecule has 2 aliphatic rings. The smallest absolute Gasteiger partial charge is 0.248 e. The highest BCUT2D eigenvalue weighted by Crippen LogP contribution is 2.44. The molecule has 0 unspecified atom stereocenters. The largest absolute Gasteiger partial charge is 0.387 e. The first-order chi connectivity index (χ1) is 9.52. The molecular formula is C15H15Cl2NO2. The van der Waals surface area contributed by atoms with Crippen LogP contribution in [-0.2, 0) is 11.2 Å². The molecule has 0 aromatic heterocycles. The SMILES string of the molecule is C[C@@H]1CN(C(=O)CO)CC2=C1Cc1c2ccc(Cl)c1Cl. The highest BCUT2D eigenvalue weighted by molar-refractivity contribution is 6.42. The topological polar surface area (TPSA) is 40.5 Å². The molecule has 1 aromatic rings. The summed E-state index contributed by atoms with van der Waals surface area (Å²) in [6, 6.07) is 3.78. The predicted octanol–water partition coefficient (Wildman–Crippen LogP) is 2.77. The summed E-state index contributed by atoms with van der Waals surface area (Å²) in [5.74, 6) is 0.0494. The minimum Gasteiger partial charge on any atom is -0.387 e. The minimum absolute atomic E-state index is 0.225. The van der Waals surface area contributed by atoms with Crippen molar-refractivity contribution >= 4 is 34.7 Å². The van der Waals surface area contributed by atoms with Gasteiger partial charge in [-0.3, -0.25) is 4.79 Å². The van der Waals surface area contributed by atoms with Gasteiger partial charge in [-0.25, -0.2) is 0 Å². The lowest BCUT2D eigenvalue weighted by Gasteiger charge is -2.32. The maximum atomic E-state index is 11.7. The number of rotatable bonds is 1. The van der Waals surface area contributed by atoms with Crippen LogP contribution in [-0.4, -0.2) is 35.6 Å². The third-order valence-corrected chi connectivity index (χ3v) is 5.05. The van der Waals surface area contributed by atoms with Gasteiger partial charge in [0, 0.05) is 13.1 Å². The first-order valence-corrected chi connectivity index (χ1v) is 7.36. The predicted molar refractivity (Wildman–Crippen MR) is 79.9 cm³/mol. The molecule has 0 saturated carbocycles. The van der Waals surface area contributed by atoms with Gasteiger partial charge in [-0.2, -0.15) is 0 Å². The number of fused-ring (bicyclic) bond motifs is 2. The molecule has 0 radical (unpaired) electrons. The van der Waals surface area contributed by atoms with Crippen LogP contribution in [0.4, 0.5) is 0 Å². The molecular weight excluding hydrogens is 297 g/mol. The normalized spacial score (nSPS) is 21.0. The average molecular weight is 312 g/mol. The summed E-state index contributed by atoms with van der Waals surface area (Å²) in [7, 11) is 0. The van der Waals surface area contributed by atoms with E-state index >= 15 is 0 Å². The maximum absolute atomic E-state index is 11.7. The molecule has 1 aliphatic carbocycles. The van der Waals surface area contributed by atoms with Gasteiger partial charge in [0.05, 0.1) is 10.0 Å². The average Bonchev–Trinajstić information content (AvgIpc) is 2.82. The van der Waals surface area contributed by atoms with Gasteiger partial charge in [0.25, 0.3) is 0 Å². The Balaban J connectivity index is 2.02. The van der Waals surface area contributed by atoms with Crippen LogP contribution in [0.15, 0.2) is 17.7 Å². The van der Waals surface area contributed by atoms with Crippen LogP contribution in [0, 0.1) is 5.92 Å². The van der Waals surface area contributed by atoms with Gasteiger partial charge in [0.1, 0.15) is 6.61 Å². The van der Waals surface area contributed by atoms with E-state index in [0.717, 1.165) is 17.5 Å². The molecule has 1 aromatic carbocycles. The molecule has 1 atom stereocenters. The van der Waals surface area contributed by atoms with E-state index in [1.807, 2.05) is 6.07 Å². The molecule has 1 amide bonds. The number of carbonyl (C=O) groups excluding carboxylic acids is 1. The zero-order valence-electron chi connectivity index (χ0n) is 11.1. The highest BCUT2D eigenvalue weighted by atomic mass is 35.5. The van der Waals surface area contributed by atoms with Crippen LogP contribution in [0.1, 0.15) is 18.1 Å². The zero-order chi connectivity index (χ0) is 14.4. The second kappa shape index (κ2) is 5.06. The van der Waals surface area contributed by atoms with Crippen LogP contribution in [0.2, 0.25) is 10.0 Å². The molecule has 1 heterocycles. The van der Waals surface area contributed by atoms with Gasteiger partial charge in [-0.05, 0) is 35.1 Å². The van der Waals surface area contributed by atoms with Crippen LogP contribution in [0.25, 0.3) is 5.57 Å². The molecule has 1 N–H and O–H groups in total. The second-order valence-electron chi connectivity index (χ2n) is 5.40. The third-order valence-electron chi connectivity index (χ3n) is 4.20. The molecule has 0 saturated heterocycles. The molecule has 3 rings (SSSR count). The van der Waals surface area contributed by atoms with Gasteiger partial charge in [-0.15, -0.1) is 0 Å².